The molecule has 2 aliphatic heterocycles. The van der Waals surface area contributed by atoms with E-state index in [1.54, 1.807) is 48.5 Å². The molecule has 2 aliphatic rings. The molecule has 0 aliphatic carbocycles. The van der Waals surface area contributed by atoms with E-state index in [9.17, 15) is 13.2 Å². The maximum absolute atomic E-state index is 13.2. The maximum Gasteiger partial charge on any atom is 0.281 e. The number of carbonyl (C=O) groups excluding carboxylic acids is 1. The van der Waals surface area contributed by atoms with Crippen LogP contribution in [-0.4, -0.2) is 48.9 Å². The maximum atomic E-state index is 13.2. The Morgan fingerprint density at radius 2 is 1.67 bits per heavy atom. The number of amidine groups is 1. The Morgan fingerprint density at radius 3 is 2.33 bits per heavy atom. The van der Waals surface area contributed by atoms with Gasteiger partial charge in [-0.3, -0.25) is 9.69 Å². The lowest BCUT2D eigenvalue weighted by Crippen LogP contribution is -3.18. The molecule has 0 aromatic heterocycles. The van der Waals surface area contributed by atoms with Crippen molar-refractivity contribution < 1.29 is 18.1 Å². The largest absolute Gasteiger partial charge is 0.295 e. The van der Waals surface area contributed by atoms with Gasteiger partial charge < -0.3 is 0 Å². The van der Waals surface area contributed by atoms with Gasteiger partial charge in [0.1, 0.15) is 0 Å². The normalized spacial score (nSPS) is 19.8. The second kappa shape index (κ2) is 6.47. The lowest BCUT2D eigenvalue weighted by molar-refractivity contribution is -0.939. The Morgan fingerprint density at radius 1 is 1.04 bits per heavy atom. The lowest BCUT2D eigenvalue weighted by atomic mass is 10.2. The van der Waals surface area contributed by atoms with E-state index in [2.05, 4.69) is 5.10 Å². The third kappa shape index (κ3) is 2.55. The average molecular weight is 385 g/mol. The van der Waals surface area contributed by atoms with Crippen LogP contribution in [0.2, 0.25) is 0 Å². The van der Waals surface area contributed by atoms with Gasteiger partial charge >= 0.3 is 0 Å². The van der Waals surface area contributed by atoms with Crippen molar-refractivity contribution in [3.8, 4) is 0 Å². The summed E-state index contributed by atoms with van der Waals surface area (Å²) in [5, 5.41) is 5.81. The van der Waals surface area contributed by atoms with E-state index >= 15 is 0 Å². The van der Waals surface area contributed by atoms with Gasteiger partial charge in [-0.25, -0.2) is 8.42 Å². The molecule has 0 unspecified atom stereocenters. The van der Waals surface area contributed by atoms with E-state index in [-0.39, 0.29) is 10.8 Å². The first-order valence-corrected chi connectivity index (χ1v) is 10.4. The van der Waals surface area contributed by atoms with Crippen LogP contribution in [0, 0.1) is 0 Å². The van der Waals surface area contributed by atoms with Crippen LogP contribution in [0.5, 0.6) is 0 Å². The number of hydrazone groups is 1. The zero-order chi connectivity index (χ0) is 19.2. The second-order valence-electron chi connectivity index (χ2n) is 6.48. The summed E-state index contributed by atoms with van der Waals surface area (Å²) in [7, 11) is -3.76. The van der Waals surface area contributed by atoms with Crippen LogP contribution in [0.15, 0.2) is 64.6 Å². The Kier molecular flexibility index (Phi) is 4.24. The summed E-state index contributed by atoms with van der Waals surface area (Å²) in [6.07, 6.45) is -0.736. The predicted octanol–water partition coefficient (Wildman–Crippen LogP) is 0.717. The number of sulfonamides is 1. The van der Waals surface area contributed by atoms with Gasteiger partial charge in [-0.1, -0.05) is 30.3 Å². The minimum absolute atomic E-state index is 0.243. The van der Waals surface area contributed by atoms with Gasteiger partial charge in [-0.2, -0.15) is 9.31 Å². The number of quaternary nitrogens is 1. The number of fused-ring (bicyclic) bond motifs is 3. The molecule has 0 spiro atoms. The molecular weight excluding hydrogens is 364 g/mol. The molecule has 1 N–H and O–H groups in total. The monoisotopic (exact) mass is 385 g/mol. The molecule has 27 heavy (non-hydrogen) atoms. The number of nitrogens with zero attached hydrogens (tertiary/aromatic N) is 3. The van der Waals surface area contributed by atoms with Crippen LogP contribution in [0.1, 0.15) is 29.8 Å². The average Bonchev–Trinajstić information content (AvgIpc) is 3.19. The first-order valence-electron chi connectivity index (χ1n) is 8.96. The highest BCUT2D eigenvalue weighted by atomic mass is 32.2. The minimum Gasteiger partial charge on any atom is -0.295 e. The molecule has 0 radical (unpaired) electrons. The SMILES string of the molecule is CC[NH+](CC)[C@@H]1N(C(=O)c2ccccc2)N=C2c3ccccc3S(=O)(=O)N21. The molecule has 4 rings (SSSR count). The van der Waals surface area contributed by atoms with E-state index in [0.717, 1.165) is 4.90 Å². The Hall–Kier alpha value is -2.71. The van der Waals surface area contributed by atoms with Gasteiger partial charge in [-0.15, -0.1) is 5.10 Å². The fraction of sp³-hybridized carbons (Fsp3) is 0.263. The van der Waals surface area contributed by atoms with E-state index < -0.39 is 16.3 Å². The zero-order valence-corrected chi connectivity index (χ0v) is 16.0. The molecule has 0 saturated heterocycles. The molecule has 1 amide bonds. The summed E-state index contributed by atoms with van der Waals surface area (Å²) in [5.41, 5.74) is 1.02. The van der Waals surface area contributed by atoms with Gasteiger partial charge in [0.25, 0.3) is 22.2 Å². The molecule has 0 bridgehead atoms. The van der Waals surface area contributed by atoms with Gasteiger partial charge in [0.15, 0.2) is 5.84 Å². The molecule has 8 heteroatoms. The minimum atomic E-state index is -3.76. The van der Waals surface area contributed by atoms with Gasteiger partial charge in [0, 0.05) is 11.1 Å². The smallest absolute Gasteiger partial charge is 0.281 e. The van der Waals surface area contributed by atoms with Crippen LogP contribution in [-0.2, 0) is 10.0 Å². The first-order chi connectivity index (χ1) is 13.0. The number of hydrogen-bond donors (Lipinski definition) is 1. The van der Waals surface area contributed by atoms with Crippen LogP contribution < -0.4 is 4.90 Å². The van der Waals surface area contributed by atoms with Crippen LogP contribution >= 0.6 is 0 Å². The van der Waals surface area contributed by atoms with E-state index in [1.165, 1.54) is 9.31 Å². The standard InChI is InChI=1S/C19H20N4O3S/c1-3-21(4-2)19-22(18(24)14-10-6-5-7-11-14)20-17-15-12-8-9-13-16(15)27(25,26)23(17)19/h5-13,19H,3-4H2,1-2H3/p+1/t19-/m1/s1. The Bertz CT molecular complexity index is 1020. The quantitative estimate of drug-likeness (QED) is 0.843. The summed E-state index contributed by atoms with van der Waals surface area (Å²) in [6, 6.07) is 15.6. The number of rotatable bonds is 4. The highest BCUT2D eigenvalue weighted by Crippen LogP contribution is 2.36. The van der Waals surface area contributed by atoms with Crippen molar-refractivity contribution in [1.82, 2.24) is 9.31 Å². The van der Waals surface area contributed by atoms with Crippen LogP contribution in [0.25, 0.3) is 0 Å². The Labute approximate surface area is 158 Å². The summed E-state index contributed by atoms with van der Waals surface area (Å²) in [5.74, 6) is 0.00821. The van der Waals surface area contributed by atoms with Crippen molar-refractivity contribution in [2.24, 2.45) is 5.10 Å². The van der Waals surface area contributed by atoms with Gasteiger partial charge in [0.2, 0.25) is 0 Å². The van der Waals surface area contributed by atoms with E-state index in [1.807, 2.05) is 19.9 Å². The lowest BCUT2D eigenvalue weighted by Gasteiger charge is -2.32. The van der Waals surface area contributed by atoms with Crippen molar-refractivity contribution in [3.63, 3.8) is 0 Å². The molecule has 2 heterocycles. The Balaban J connectivity index is 1.87. The van der Waals surface area contributed by atoms with E-state index in [4.69, 9.17) is 0 Å². The molecular formula is C19H21N4O3S+. The summed E-state index contributed by atoms with van der Waals surface area (Å²) in [4.78, 5) is 14.3. The molecule has 2 aromatic rings. The van der Waals surface area contributed by atoms with E-state index in [0.29, 0.717) is 30.1 Å². The number of amides is 1. The van der Waals surface area contributed by atoms with Crippen molar-refractivity contribution >= 4 is 21.8 Å². The fourth-order valence-electron chi connectivity index (χ4n) is 3.64. The number of hydrogen-bond acceptors (Lipinski definition) is 4. The molecule has 1 atom stereocenters. The van der Waals surface area contributed by atoms with Crippen LogP contribution in [0.3, 0.4) is 0 Å². The summed E-state index contributed by atoms with van der Waals surface area (Å²) >= 11 is 0. The van der Waals surface area contributed by atoms with Gasteiger partial charge in [0.05, 0.1) is 18.0 Å². The van der Waals surface area contributed by atoms with Crippen molar-refractivity contribution in [2.75, 3.05) is 13.1 Å². The number of carbonyl (C=O) groups is 1. The highest BCUT2D eigenvalue weighted by Gasteiger charge is 2.55. The summed E-state index contributed by atoms with van der Waals surface area (Å²) < 4.78 is 27.7. The molecule has 0 saturated carbocycles. The van der Waals surface area contributed by atoms with Crippen LogP contribution in [0.4, 0.5) is 0 Å². The van der Waals surface area contributed by atoms with Crippen molar-refractivity contribution in [2.45, 2.75) is 25.0 Å². The predicted molar refractivity (Wildman–Crippen MR) is 100 cm³/mol. The number of nitrogens with one attached hydrogen (secondary N) is 1. The molecule has 140 valence electrons. The van der Waals surface area contributed by atoms with Crippen molar-refractivity contribution in [3.05, 3.63) is 65.7 Å². The van der Waals surface area contributed by atoms with Crippen molar-refractivity contribution in [1.29, 1.82) is 0 Å². The first kappa shape index (κ1) is 17.7. The molecule has 0 fully saturated rings. The topological polar surface area (TPSA) is 74.5 Å². The third-order valence-electron chi connectivity index (χ3n) is 5.03. The zero-order valence-electron chi connectivity index (χ0n) is 15.2. The second-order valence-corrected chi connectivity index (χ2v) is 8.26. The fourth-order valence-corrected chi connectivity index (χ4v) is 5.40. The number of benzene rings is 2. The molecule has 2 aromatic carbocycles. The molecule has 7 nitrogen and oxygen atoms in total. The highest BCUT2D eigenvalue weighted by molar-refractivity contribution is 7.90. The summed E-state index contributed by atoms with van der Waals surface area (Å²) in [6.45, 7) is 5.26. The third-order valence-corrected chi connectivity index (χ3v) is 6.83. The van der Waals surface area contributed by atoms with Gasteiger partial charge in [-0.05, 0) is 38.1 Å².